The van der Waals surface area contributed by atoms with Crippen molar-refractivity contribution in [3.8, 4) is 0 Å². The molecule has 0 spiro atoms. The van der Waals surface area contributed by atoms with E-state index < -0.39 is 0 Å². The van der Waals surface area contributed by atoms with E-state index in [4.69, 9.17) is 4.74 Å². The van der Waals surface area contributed by atoms with Crippen molar-refractivity contribution in [1.82, 2.24) is 9.21 Å². The molecule has 1 aliphatic carbocycles. The molecule has 1 amide bonds. The molecule has 0 aromatic rings. The number of carbonyl (C=O) groups is 1. The van der Waals surface area contributed by atoms with Gasteiger partial charge in [0.25, 0.3) is 0 Å². The van der Waals surface area contributed by atoms with E-state index in [1.54, 1.807) is 11.9 Å². The molecular weight excluding hydrogens is 212 g/mol. The first-order valence-electron chi connectivity index (χ1n) is 5.40. The first-order chi connectivity index (χ1) is 7.13. The Bertz CT molecular complexity index is 248. The van der Waals surface area contributed by atoms with Gasteiger partial charge >= 0.3 is 6.09 Å². The van der Waals surface area contributed by atoms with E-state index in [0.717, 1.165) is 39.0 Å². The summed E-state index contributed by atoms with van der Waals surface area (Å²) in [4.78, 5) is 13.5. The monoisotopic (exact) mass is 230 g/mol. The van der Waals surface area contributed by atoms with Crippen LogP contribution < -0.4 is 0 Å². The number of hydrogen-bond acceptors (Lipinski definition) is 4. The Morgan fingerprint density at radius 1 is 1.27 bits per heavy atom. The zero-order valence-electron chi connectivity index (χ0n) is 9.36. The van der Waals surface area contributed by atoms with Gasteiger partial charge in [-0.3, -0.25) is 0 Å². The SMILES string of the molecule is CSN1CCN(C(=O)OC2(C)CC2)CC1. The summed E-state index contributed by atoms with van der Waals surface area (Å²) in [5, 5.41) is 0. The van der Waals surface area contributed by atoms with E-state index in [0.29, 0.717) is 0 Å². The van der Waals surface area contributed by atoms with Gasteiger partial charge in [-0.15, -0.1) is 0 Å². The van der Waals surface area contributed by atoms with E-state index in [9.17, 15) is 4.79 Å². The lowest BCUT2D eigenvalue weighted by atomic mass is 10.4. The molecule has 1 heterocycles. The van der Waals surface area contributed by atoms with Gasteiger partial charge in [0.05, 0.1) is 0 Å². The standard InChI is InChI=1S/C10H18N2O2S/c1-10(3-4-10)14-9(13)11-5-7-12(15-2)8-6-11/h3-8H2,1-2H3. The number of amides is 1. The zero-order valence-corrected chi connectivity index (χ0v) is 10.2. The number of piperazine rings is 1. The predicted molar refractivity (Wildman–Crippen MR) is 60.8 cm³/mol. The number of ether oxygens (including phenoxy) is 1. The highest BCUT2D eigenvalue weighted by atomic mass is 32.2. The number of carbonyl (C=O) groups excluding carboxylic acids is 1. The van der Waals surface area contributed by atoms with Gasteiger partial charge in [-0.1, -0.05) is 11.9 Å². The van der Waals surface area contributed by atoms with Gasteiger partial charge in [-0.05, 0) is 26.0 Å². The third-order valence-electron chi connectivity index (χ3n) is 3.04. The summed E-state index contributed by atoms with van der Waals surface area (Å²) < 4.78 is 7.69. The number of nitrogens with zero attached hydrogens (tertiary/aromatic N) is 2. The van der Waals surface area contributed by atoms with Crippen LogP contribution in [0.2, 0.25) is 0 Å². The van der Waals surface area contributed by atoms with Crippen molar-refractivity contribution < 1.29 is 9.53 Å². The molecule has 0 N–H and O–H groups in total. The van der Waals surface area contributed by atoms with Crippen LogP contribution in [0.4, 0.5) is 4.79 Å². The second-order valence-electron chi connectivity index (χ2n) is 4.42. The molecule has 1 aliphatic heterocycles. The van der Waals surface area contributed by atoms with Crippen LogP contribution >= 0.6 is 11.9 Å². The molecule has 1 saturated heterocycles. The highest BCUT2D eigenvalue weighted by Crippen LogP contribution is 2.39. The Labute approximate surface area is 95.1 Å². The molecule has 0 aromatic heterocycles. The van der Waals surface area contributed by atoms with Crippen molar-refractivity contribution in [1.29, 1.82) is 0 Å². The maximum absolute atomic E-state index is 11.7. The van der Waals surface area contributed by atoms with Gasteiger partial charge in [0, 0.05) is 26.2 Å². The van der Waals surface area contributed by atoms with Gasteiger partial charge in [-0.2, -0.15) is 0 Å². The quantitative estimate of drug-likeness (QED) is 0.674. The Hall–Kier alpha value is -0.420. The van der Waals surface area contributed by atoms with Crippen molar-refractivity contribution in [2.45, 2.75) is 25.4 Å². The maximum atomic E-state index is 11.7. The van der Waals surface area contributed by atoms with Crippen molar-refractivity contribution in [2.24, 2.45) is 0 Å². The van der Waals surface area contributed by atoms with Crippen LogP contribution in [0.5, 0.6) is 0 Å². The third-order valence-corrected chi connectivity index (χ3v) is 3.92. The van der Waals surface area contributed by atoms with E-state index in [1.165, 1.54) is 0 Å². The highest BCUT2D eigenvalue weighted by molar-refractivity contribution is 7.96. The summed E-state index contributed by atoms with van der Waals surface area (Å²) >= 11 is 1.74. The molecule has 2 fully saturated rings. The summed E-state index contributed by atoms with van der Waals surface area (Å²) in [7, 11) is 0. The van der Waals surface area contributed by atoms with Gasteiger partial charge in [0.1, 0.15) is 5.60 Å². The minimum atomic E-state index is -0.145. The summed E-state index contributed by atoms with van der Waals surface area (Å²) in [5.41, 5.74) is -0.145. The Morgan fingerprint density at radius 3 is 2.33 bits per heavy atom. The summed E-state index contributed by atoms with van der Waals surface area (Å²) in [6.45, 7) is 5.45. The van der Waals surface area contributed by atoms with Crippen LogP contribution in [0.1, 0.15) is 19.8 Å². The van der Waals surface area contributed by atoms with Crippen LogP contribution in [0.25, 0.3) is 0 Å². The molecule has 1 saturated carbocycles. The van der Waals surface area contributed by atoms with Crippen molar-refractivity contribution >= 4 is 18.0 Å². The van der Waals surface area contributed by atoms with E-state index in [-0.39, 0.29) is 11.7 Å². The highest BCUT2D eigenvalue weighted by Gasteiger charge is 2.42. The molecule has 2 rings (SSSR count). The van der Waals surface area contributed by atoms with E-state index in [2.05, 4.69) is 10.6 Å². The largest absolute Gasteiger partial charge is 0.443 e. The first kappa shape index (κ1) is 11.1. The minimum absolute atomic E-state index is 0.129. The predicted octanol–water partition coefficient (Wildman–Crippen LogP) is 1.57. The van der Waals surface area contributed by atoms with Crippen molar-refractivity contribution in [3.63, 3.8) is 0 Å². The van der Waals surface area contributed by atoms with E-state index >= 15 is 0 Å². The van der Waals surface area contributed by atoms with Crippen molar-refractivity contribution in [2.75, 3.05) is 32.4 Å². The third kappa shape index (κ3) is 2.78. The first-order valence-corrected chi connectivity index (χ1v) is 6.58. The molecule has 86 valence electrons. The van der Waals surface area contributed by atoms with Crippen LogP contribution in [-0.4, -0.2) is 53.3 Å². The molecule has 0 bridgehead atoms. The van der Waals surface area contributed by atoms with E-state index in [1.807, 2.05) is 11.8 Å². The summed E-state index contributed by atoms with van der Waals surface area (Å²) in [6.07, 6.45) is 3.97. The van der Waals surface area contributed by atoms with Gasteiger partial charge in [0.15, 0.2) is 0 Å². The minimum Gasteiger partial charge on any atom is -0.443 e. The smallest absolute Gasteiger partial charge is 0.410 e. The molecule has 0 unspecified atom stereocenters. The summed E-state index contributed by atoms with van der Waals surface area (Å²) in [6, 6.07) is 0. The van der Waals surface area contributed by atoms with Gasteiger partial charge < -0.3 is 9.64 Å². The lowest BCUT2D eigenvalue weighted by molar-refractivity contribution is 0.0509. The zero-order chi connectivity index (χ0) is 10.9. The van der Waals surface area contributed by atoms with Crippen LogP contribution in [-0.2, 0) is 4.74 Å². The van der Waals surface area contributed by atoms with Crippen molar-refractivity contribution in [3.05, 3.63) is 0 Å². The summed E-state index contributed by atoms with van der Waals surface area (Å²) in [5.74, 6) is 0. The fraction of sp³-hybridized carbons (Fsp3) is 0.900. The second kappa shape index (κ2) is 4.22. The van der Waals surface area contributed by atoms with Crippen LogP contribution in [0.3, 0.4) is 0 Å². The van der Waals surface area contributed by atoms with Crippen LogP contribution in [0.15, 0.2) is 0 Å². The molecule has 5 heteroatoms. The van der Waals surface area contributed by atoms with Gasteiger partial charge in [-0.25, -0.2) is 9.10 Å². The average molecular weight is 230 g/mol. The number of rotatable bonds is 2. The second-order valence-corrected chi connectivity index (χ2v) is 5.30. The molecule has 0 radical (unpaired) electrons. The molecule has 15 heavy (non-hydrogen) atoms. The fourth-order valence-electron chi connectivity index (χ4n) is 1.61. The van der Waals surface area contributed by atoms with Gasteiger partial charge in [0.2, 0.25) is 0 Å². The van der Waals surface area contributed by atoms with Crippen LogP contribution in [0, 0.1) is 0 Å². The Kier molecular flexibility index (Phi) is 3.11. The molecule has 4 nitrogen and oxygen atoms in total. The lowest BCUT2D eigenvalue weighted by Gasteiger charge is -2.33. The average Bonchev–Trinajstić information content (AvgIpc) is 2.96. The topological polar surface area (TPSA) is 32.8 Å². The Morgan fingerprint density at radius 2 is 1.87 bits per heavy atom. The molecule has 0 atom stereocenters. The maximum Gasteiger partial charge on any atom is 0.410 e. The fourth-order valence-corrected chi connectivity index (χ4v) is 2.14. The molecule has 0 aromatic carbocycles. The molecular formula is C10H18N2O2S. The normalized spacial score (nSPS) is 25.1. The number of hydrogen-bond donors (Lipinski definition) is 0. The molecule has 2 aliphatic rings. The lowest BCUT2D eigenvalue weighted by Crippen LogP contribution is -2.47. The Balaban J connectivity index is 1.77.